The zero-order valence-electron chi connectivity index (χ0n) is 11.5. The average Bonchev–Trinajstić information content (AvgIpc) is 2.47. The predicted octanol–water partition coefficient (Wildman–Crippen LogP) is 2.27. The van der Waals surface area contributed by atoms with Gasteiger partial charge in [0.15, 0.2) is 0 Å². The van der Waals surface area contributed by atoms with Crippen molar-refractivity contribution in [2.75, 3.05) is 5.73 Å². The summed E-state index contributed by atoms with van der Waals surface area (Å²) in [5.74, 6) is 1.11. The SMILES string of the molecule is Cc1ccc2nc(CSc3ccc(N)nc3)cc(=O)n2c1. The molecular formula is C15H14N4OS. The zero-order chi connectivity index (χ0) is 14.8. The standard InChI is InChI=1S/C15H14N4OS/c1-10-2-5-14-18-11(6-15(20)19(14)8-10)9-21-12-3-4-13(16)17-7-12/h2-8H,9H2,1H3,(H2,16,17). The molecule has 6 heteroatoms. The monoisotopic (exact) mass is 298 g/mol. The number of nitrogens with two attached hydrogens (primary N) is 1. The highest BCUT2D eigenvalue weighted by atomic mass is 32.2. The van der Waals surface area contributed by atoms with Gasteiger partial charge in [-0.05, 0) is 30.7 Å². The number of aryl methyl sites for hydroxylation is 1. The largest absolute Gasteiger partial charge is 0.384 e. The Labute approximate surface area is 125 Å². The molecule has 0 bridgehead atoms. The molecule has 0 saturated carbocycles. The summed E-state index contributed by atoms with van der Waals surface area (Å²) in [4.78, 5) is 21.6. The maximum absolute atomic E-state index is 12.1. The topological polar surface area (TPSA) is 73.3 Å². The van der Waals surface area contributed by atoms with Gasteiger partial charge in [-0.2, -0.15) is 0 Å². The van der Waals surface area contributed by atoms with E-state index in [0.717, 1.165) is 16.2 Å². The van der Waals surface area contributed by atoms with E-state index in [2.05, 4.69) is 9.97 Å². The number of nitrogens with zero attached hydrogens (tertiary/aromatic N) is 3. The molecule has 0 spiro atoms. The van der Waals surface area contributed by atoms with Gasteiger partial charge in [0.25, 0.3) is 5.56 Å². The summed E-state index contributed by atoms with van der Waals surface area (Å²) in [7, 11) is 0. The number of fused-ring (bicyclic) bond motifs is 1. The maximum Gasteiger partial charge on any atom is 0.258 e. The second kappa shape index (κ2) is 5.57. The van der Waals surface area contributed by atoms with Crippen molar-refractivity contribution < 1.29 is 0 Å². The van der Waals surface area contributed by atoms with Gasteiger partial charge in [0.05, 0.1) is 5.69 Å². The second-order valence-electron chi connectivity index (χ2n) is 4.73. The molecule has 0 aliphatic heterocycles. The van der Waals surface area contributed by atoms with E-state index >= 15 is 0 Å². The molecule has 0 amide bonds. The number of pyridine rings is 2. The summed E-state index contributed by atoms with van der Waals surface area (Å²) in [5.41, 5.74) is 7.94. The molecule has 0 aliphatic rings. The van der Waals surface area contributed by atoms with E-state index in [1.165, 1.54) is 0 Å². The van der Waals surface area contributed by atoms with Gasteiger partial charge in [-0.25, -0.2) is 9.97 Å². The highest BCUT2D eigenvalue weighted by molar-refractivity contribution is 7.98. The van der Waals surface area contributed by atoms with Gasteiger partial charge in [-0.15, -0.1) is 11.8 Å². The quantitative estimate of drug-likeness (QED) is 0.751. The van der Waals surface area contributed by atoms with Crippen molar-refractivity contribution in [3.8, 4) is 0 Å². The predicted molar refractivity (Wildman–Crippen MR) is 84.4 cm³/mol. The molecule has 3 aromatic rings. The number of rotatable bonds is 3. The minimum absolute atomic E-state index is 0.0604. The third kappa shape index (κ3) is 3.05. The second-order valence-corrected chi connectivity index (χ2v) is 5.78. The van der Waals surface area contributed by atoms with Crippen LogP contribution in [0.15, 0.2) is 52.4 Å². The molecule has 0 saturated heterocycles. The molecule has 0 atom stereocenters. The van der Waals surface area contributed by atoms with Crippen LogP contribution in [0.1, 0.15) is 11.3 Å². The van der Waals surface area contributed by atoms with E-state index in [9.17, 15) is 4.79 Å². The normalized spacial score (nSPS) is 10.9. The van der Waals surface area contributed by atoms with E-state index in [4.69, 9.17) is 5.73 Å². The number of thioether (sulfide) groups is 1. The minimum Gasteiger partial charge on any atom is -0.384 e. The first-order valence-corrected chi connectivity index (χ1v) is 7.44. The van der Waals surface area contributed by atoms with Gasteiger partial charge in [0, 0.05) is 29.1 Å². The van der Waals surface area contributed by atoms with Crippen molar-refractivity contribution in [1.82, 2.24) is 14.4 Å². The number of anilines is 1. The fourth-order valence-corrected chi connectivity index (χ4v) is 2.72. The Bertz CT molecular complexity index is 842. The summed E-state index contributed by atoms with van der Waals surface area (Å²) in [6, 6.07) is 9.04. The van der Waals surface area contributed by atoms with Crippen LogP contribution in [-0.4, -0.2) is 14.4 Å². The van der Waals surface area contributed by atoms with Crippen LogP contribution < -0.4 is 11.3 Å². The molecule has 2 N–H and O–H groups in total. The summed E-state index contributed by atoms with van der Waals surface area (Å²) in [5, 5.41) is 0. The molecule has 0 fully saturated rings. The molecule has 3 heterocycles. The van der Waals surface area contributed by atoms with E-state index in [-0.39, 0.29) is 5.56 Å². The summed E-state index contributed by atoms with van der Waals surface area (Å²) in [6.45, 7) is 1.95. The van der Waals surface area contributed by atoms with Gasteiger partial charge < -0.3 is 5.73 Å². The van der Waals surface area contributed by atoms with Crippen LogP contribution in [0.25, 0.3) is 5.65 Å². The van der Waals surface area contributed by atoms with Crippen molar-refractivity contribution in [2.45, 2.75) is 17.6 Å². The van der Waals surface area contributed by atoms with Crippen LogP contribution in [0.4, 0.5) is 5.82 Å². The third-order valence-electron chi connectivity index (χ3n) is 3.01. The van der Waals surface area contributed by atoms with Gasteiger partial charge in [-0.1, -0.05) is 6.07 Å². The molecule has 0 aromatic carbocycles. The summed E-state index contributed by atoms with van der Waals surface area (Å²) in [6.07, 6.45) is 3.52. The van der Waals surface area contributed by atoms with Crippen molar-refractivity contribution in [1.29, 1.82) is 0 Å². The van der Waals surface area contributed by atoms with Gasteiger partial charge in [0.1, 0.15) is 11.5 Å². The van der Waals surface area contributed by atoms with Crippen molar-refractivity contribution >= 4 is 23.2 Å². The number of nitrogen functional groups attached to an aromatic ring is 1. The fraction of sp³-hybridized carbons (Fsp3) is 0.133. The van der Waals surface area contributed by atoms with Crippen LogP contribution in [0.2, 0.25) is 0 Å². The molecule has 0 aliphatic carbocycles. The molecule has 3 rings (SSSR count). The lowest BCUT2D eigenvalue weighted by molar-refractivity contribution is 1.00. The zero-order valence-corrected chi connectivity index (χ0v) is 12.3. The molecule has 21 heavy (non-hydrogen) atoms. The van der Waals surface area contributed by atoms with Crippen molar-refractivity contribution in [2.24, 2.45) is 0 Å². The van der Waals surface area contributed by atoms with Crippen LogP contribution >= 0.6 is 11.8 Å². The number of hydrogen-bond acceptors (Lipinski definition) is 5. The Kier molecular flexibility index (Phi) is 3.62. The van der Waals surface area contributed by atoms with E-state index in [1.807, 2.05) is 25.1 Å². The number of hydrogen-bond donors (Lipinski definition) is 1. The Balaban J connectivity index is 1.86. The van der Waals surface area contributed by atoms with Gasteiger partial charge in [-0.3, -0.25) is 9.20 Å². The lowest BCUT2D eigenvalue weighted by Gasteiger charge is -2.05. The van der Waals surface area contributed by atoms with Gasteiger partial charge in [0.2, 0.25) is 0 Å². The molecule has 3 aromatic heterocycles. The van der Waals surface area contributed by atoms with Crippen LogP contribution in [0.3, 0.4) is 0 Å². The first-order valence-electron chi connectivity index (χ1n) is 6.45. The molecule has 106 valence electrons. The maximum atomic E-state index is 12.1. The highest BCUT2D eigenvalue weighted by Gasteiger charge is 2.04. The van der Waals surface area contributed by atoms with Crippen LogP contribution in [0, 0.1) is 6.92 Å². The lowest BCUT2D eigenvalue weighted by Crippen LogP contribution is -2.15. The Morgan fingerprint density at radius 2 is 2.14 bits per heavy atom. The minimum atomic E-state index is -0.0604. The Morgan fingerprint density at radius 1 is 1.29 bits per heavy atom. The Morgan fingerprint density at radius 3 is 2.90 bits per heavy atom. The van der Waals surface area contributed by atoms with E-state index in [0.29, 0.717) is 17.2 Å². The molecular weight excluding hydrogens is 284 g/mol. The fourth-order valence-electron chi connectivity index (χ4n) is 1.97. The van der Waals surface area contributed by atoms with E-state index in [1.54, 1.807) is 40.7 Å². The van der Waals surface area contributed by atoms with Crippen molar-refractivity contribution in [3.05, 3.63) is 64.3 Å². The first kappa shape index (κ1) is 13.6. The lowest BCUT2D eigenvalue weighted by atomic mass is 10.3. The number of aromatic nitrogens is 3. The van der Waals surface area contributed by atoms with Crippen molar-refractivity contribution in [3.63, 3.8) is 0 Å². The summed E-state index contributed by atoms with van der Waals surface area (Å²) < 4.78 is 1.56. The Hall–Kier alpha value is -2.34. The van der Waals surface area contributed by atoms with Gasteiger partial charge >= 0.3 is 0 Å². The summed E-state index contributed by atoms with van der Waals surface area (Å²) >= 11 is 1.57. The molecule has 5 nitrogen and oxygen atoms in total. The third-order valence-corrected chi connectivity index (χ3v) is 4.02. The molecule has 0 unspecified atom stereocenters. The van der Waals surface area contributed by atoms with E-state index < -0.39 is 0 Å². The first-order chi connectivity index (χ1) is 10.1. The van der Waals surface area contributed by atoms with Crippen LogP contribution in [-0.2, 0) is 5.75 Å². The average molecular weight is 298 g/mol. The highest BCUT2D eigenvalue weighted by Crippen LogP contribution is 2.21. The molecule has 0 radical (unpaired) electrons. The van der Waals surface area contributed by atoms with Crippen LogP contribution in [0.5, 0.6) is 0 Å². The smallest absolute Gasteiger partial charge is 0.258 e.